The molecule has 3 nitrogen and oxygen atoms in total. The van der Waals surface area contributed by atoms with E-state index >= 15 is 0 Å². The van der Waals surface area contributed by atoms with Crippen molar-refractivity contribution in [2.24, 2.45) is 10.7 Å². The molecule has 1 aromatic heterocycles. The van der Waals surface area contributed by atoms with E-state index in [-0.39, 0.29) is 0 Å². The van der Waals surface area contributed by atoms with Gasteiger partial charge >= 0.3 is 0 Å². The van der Waals surface area contributed by atoms with Crippen LogP contribution < -0.4 is 11.1 Å². The largest absolute Gasteiger partial charge is 0.370 e. The Balaban J connectivity index is 2.43. The number of nitrogens with zero attached hydrogens (tertiary/aromatic N) is 1. The Morgan fingerprint density at radius 1 is 1.75 bits per heavy atom. The van der Waals surface area contributed by atoms with Crippen LogP contribution in [0.15, 0.2) is 16.4 Å². The normalized spacial score (nSPS) is 11.7. The van der Waals surface area contributed by atoms with Gasteiger partial charge in [-0.05, 0) is 23.9 Å². The van der Waals surface area contributed by atoms with Crippen LogP contribution >= 0.6 is 11.3 Å². The minimum absolute atomic E-state index is 0.487. The van der Waals surface area contributed by atoms with Crippen LogP contribution in [0.25, 0.3) is 0 Å². The monoisotopic (exact) mass is 183 g/mol. The number of rotatable bonds is 2. The molecule has 0 aliphatic rings. The van der Waals surface area contributed by atoms with Gasteiger partial charge in [0.2, 0.25) is 0 Å². The molecule has 0 atom stereocenters. The molecule has 0 aromatic carbocycles. The highest BCUT2D eigenvalue weighted by atomic mass is 32.1. The fourth-order valence-electron chi connectivity index (χ4n) is 0.840. The van der Waals surface area contributed by atoms with Crippen LogP contribution in [0.4, 0.5) is 0 Å². The standard InChI is InChI=1S/C8H13N3S/c1-6-3-7(12-5-6)4-11-8(9)10-2/h3,5H,4H2,1-2H3,(H3,9,10,11). The predicted octanol–water partition coefficient (Wildman–Crippen LogP) is 1.09. The summed E-state index contributed by atoms with van der Waals surface area (Å²) in [6.45, 7) is 2.85. The van der Waals surface area contributed by atoms with E-state index < -0.39 is 0 Å². The molecule has 0 aliphatic carbocycles. The Morgan fingerprint density at radius 2 is 2.50 bits per heavy atom. The van der Waals surface area contributed by atoms with Crippen LogP contribution in [0.5, 0.6) is 0 Å². The molecule has 0 saturated heterocycles. The van der Waals surface area contributed by atoms with Crippen molar-refractivity contribution in [3.63, 3.8) is 0 Å². The average Bonchev–Trinajstić information content (AvgIpc) is 2.47. The van der Waals surface area contributed by atoms with Gasteiger partial charge in [0.15, 0.2) is 5.96 Å². The minimum Gasteiger partial charge on any atom is -0.370 e. The molecule has 1 heterocycles. The van der Waals surface area contributed by atoms with Gasteiger partial charge in [-0.3, -0.25) is 4.99 Å². The van der Waals surface area contributed by atoms with Crippen LogP contribution in [-0.2, 0) is 6.54 Å². The molecule has 0 bridgehead atoms. The van der Waals surface area contributed by atoms with E-state index in [4.69, 9.17) is 5.73 Å². The van der Waals surface area contributed by atoms with Gasteiger partial charge in [0.1, 0.15) is 0 Å². The first-order chi connectivity index (χ1) is 5.72. The third-order valence-electron chi connectivity index (χ3n) is 1.47. The molecule has 0 amide bonds. The molecule has 0 saturated carbocycles. The lowest BCUT2D eigenvalue weighted by atomic mass is 10.3. The van der Waals surface area contributed by atoms with E-state index in [9.17, 15) is 0 Å². The Bertz CT molecular complexity index is 278. The van der Waals surface area contributed by atoms with E-state index in [1.54, 1.807) is 18.4 Å². The Labute approximate surface area is 76.3 Å². The first-order valence-electron chi connectivity index (χ1n) is 3.72. The van der Waals surface area contributed by atoms with E-state index in [1.807, 2.05) is 0 Å². The molecule has 0 fully saturated rings. The van der Waals surface area contributed by atoms with Crippen molar-refractivity contribution < 1.29 is 0 Å². The summed E-state index contributed by atoms with van der Waals surface area (Å²) in [5.74, 6) is 0.487. The maximum atomic E-state index is 5.47. The van der Waals surface area contributed by atoms with Crippen molar-refractivity contribution in [3.8, 4) is 0 Å². The summed E-state index contributed by atoms with van der Waals surface area (Å²) >= 11 is 1.73. The van der Waals surface area contributed by atoms with Crippen molar-refractivity contribution in [1.29, 1.82) is 0 Å². The molecule has 0 spiro atoms. The van der Waals surface area contributed by atoms with Crippen molar-refractivity contribution in [2.45, 2.75) is 13.5 Å². The van der Waals surface area contributed by atoms with Crippen LogP contribution in [0, 0.1) is 6.92 Å². The van der Waals surface area contributed by atoms with E-state index in [0.717, 1.165) is 6.54 Å². The van der Waals surface area contributed by atoms with Gasteiger partial charge in [-0.2, -0.15) is 0 Å². The van der Waals surface area contributed by atoms with Crippen molar-refractivity contribution in [1.82, 2.24) is 5.32 Å². The second-order valence-corrected chi connectivity index (χ2v) is 3.55. The topological polar surface area (TPSA) is 50.4 Å². The van der Waals surface area contributed by atoms with Crippen LogP contribution in [-0.4, -0.2) is 13.0 Å². The first-order valence-corrected chi connectivity index (χ1v) is 4.60. The molecule has 0 unspecified atom stereocenters. The van der Waals surface area contributed by atoms with Crippen molar-refractivity contribution >= 4 is 17.3 Å². The zero-order valence-electron chi connectivity index (χ0n) is 7.29. The van der Waals surface area contributed by atoms with E-state index in [0.29, 0.717) is 5.96 Å². The number of nitrogens with one attached hydrogen (secondary N) is 1. The maximum absolute atomic E-state index is 5.47. The van der Waals surface area contributed by atoms with Crippen molar-refractivity contribution in [3.05, 3.63) is 21.9 Å². The third-order valence-corrected chi connectivity index (χ3v) is 2.52. The van der Waals surface area contributed by atoms with Gasteiger partial charge in [-0.25, -0.2) is 0 Å². The molecule has 1 rings (SSSR count). The number of nitrogens with two attached hydrogens (primary N) is 1. The lowest BCUT2D eigenvalue weighted by Crippen LogP contribution is -2.30. The number of hydrogen-bond acceptors (Lipinski definition) is 2. The Kier molecular flexibility index (Phi) is 3.10. The third kappa shape index (κ3) is 2.54. The molecule has 3 N–H and O–H groups in total. The van der Waals surface area contributed by atoms with E-state index in [2.05, 4.69) is 28.7 Å². The van der Waals surface area contributed by atoms with Gasteiger partial charge in [0.05, 0.1) is 6.54 Å². The van der Waals surface area contributed by atoms with Gasteiger partial charge in [0.25, 0.3) is 0 Å². The number of guanidine groups is 1. The fourth-order valence-corrected chi connectivity index (χ4v) is 1.65. The summed E-state index contributed by atoms with van der Waals surface area (Å²) in [5, 5.41) is 5.12. The summed E-state index contributed by atoms with van der Waals surface area (Å²) in [6.07, 6.45) is 0. The first kappa shape index (κ1) is 9.06. The van der Waals surface area contributed by atoms with Crippen LogP contribution in [0.1, 0.15) is 10.4 Å². The number of thiophene rings is 1. The van der Waals surface area contributed by atoms with E-state index in [1.165, 1.54) is 10.4 Å². The highest BCUT2D eigenvalue weighted by molar-refractivity contribution is 7.10. The predicted molar refractivity (Wildman–Crippen MR) is 53.4 cm³/mol. The maximum Gasteiger partial charge on any atom is 0.188 e. The molecule has 0 radical (unpaired) electrons. The quantitative estimate of drug-likeness (QED) is 0.532. The summed E-state index contributed by atoms with van der Waals surface area (Å²) in [4.78, 5) is 5.08. The summed E-state index contributed by atoms with van der Waals surface area (Å²) in [7, 11) is 1.67. The summed E-state index contributed by atoms with van der Waals surface area (Å²) < 4.78 is 0. The second-order valence-electron chi connectivity index (χ2n) is 2.55. The van der Waals surface area contributed by atoms with Crippen LogP contribution in [0.3, 0.4) is 0 Å². The van der Waals surface area contributed by atoms with Gasteiger partial charge in [0, 0.05) is 11.9 Å². The zero-order chi connectivity index (χ0) is 8.97. The zero-order valence-corrected chi connectivity index (χ0v) is 8.11. The lowest BCUT2D eigenvalue weighted by molar-refractivity contribution is 0.918. The Hall–Kier alpha value is -1.03. The van der Waals surface area contributed by atoms with Crippen LogP contribution in [0.2, 0.25) is 0 Å². The number of hydrogen-bond donors (Lipinski definition) is 2. The second kappa shape index (κ2) is 4.11. The average molecular weight is 183 g/mol. The number of aryl methyl sites for hydroxylation is 1. The van der Waals surface area contributed by atoms with Gasteiger partial charge in [-0.15, -0.1) is 11.3 Å². The molecular formula is C8H13N3S. The SMILES string of the molecule is CN=C(N)NCc1cc(C)cs1. The highest BCUT2D eigenvalue weighted by Crippen LogP contribution is 2.12. The molecule has 1 aromatic rings. The fraction of sp³-hybridized carbons (Fsp3) is 0.375. The molecule has 66 valence electrons. The molecule has 0 aliphatic heterocycles. The highest BCUT2D eigenvalue weighted by Gasteiger charge is 1.95. The minimum atomic E-state index is 0.487. The van der Waals surface area contributed by atoms with Gasteiger partial charge < -0.3 is 11.1 Å². The van der Waals surface area contributed by atoms with Gasteiger partial charge in [-0.1, -0.05) is 0 Å². The molecule has 4 heteroatoms. The molecule has 12 heavy (non-hydrogen) atoms. The smallest absolute Gasteiger partial charge is 0.188 e. The summed E-state index contributed by atoms with van der Waals surface area (Å²) in [6, 6.07) is 2.14. The van der Waals surface area contributed by atoms with Crippen molar-refractivity contribution in [2.75, 3.05) is 7.05 Å². The summed E-state index contributed by atoms with van der Waals surface area (Å²) in [5.41, 5.74) is 6.77. The number of aliphatic imine (C=N–C) groups is 1. The Morgan fingerprint density at radius 3 is 3.00 bits per heavy atom. The lowest BCUT2D eigenvalue weighted by Gasteiger charge is -2.00. The molecular weight excluding hydrogens is 170 g/mol.